The largest absolute Gasteiger partial charge is 0.357 e. The smallest absolute Gasteiger partial charge is 0.142 e. The van der Waals surface area contributed by atoms with Crippen LogP contribution in [0.3, 0.4) is 0 Å². The molecule has 4 heteroatoms. The Morgan fingerprint density at radius 1 is 1.43 bits per heavy atom. The molecule has 0 unspecified atom stereocenters. The summed E-state index contributed by atoms with van der Waals surface area (Å²) in [6.45, 7) is 0.376. The maximum Gasteiger partial charge on any atom is 0.142 e. The highest BCUT2D eigenvalue weighted by molar-refractivity contribution is 5.57. The molecule has 0 aliphatic heterocycles. The molecule has 0 saturated carbocycles. The van der Waals surface area contributed by atoms with Crippen LogP contribution in [0.4, 0.5) is 0 Å². The number of nitrogens with zero attached hydrogens (tertiary/aromatic N) is 3. The molecule has 2 N–H and O–H groups in total. The van der Waals surface area contributed by atoms with Crippen molar-refractivity contribution in [1.82, 2.24) is 14.5 Å². The second-order valence-corrected chi connectivity index (χ2v) is 3.13. The van der Waals surface area contributed by atoms with E-state index >= 15 is 0 Å². The van der Waals surface area contributed by atoms with E-state index in [1.807, 2.05) is 36.1 Å². The Morgan fingerprint density at radius 2 is 2.29 bits per heavy atom. The van der Waals surface area contributed by atoms with Crippen molar-refractivity contribution in [3.8, 4) is 11.3 Å². The second-order valence-electron chi connectivity index (χ2n) is 3.13. The lowest BCUT2D eigenvalue weighted by molar-refractivity contribution is 0.909. The molecule has 14 heavy (non-hydrogen) atoms. The summed E-state index contributed by atoms with van der Waals surface area (Å²) in [5.41, 5.74) is 7.48. The molecule has 0 aromatic carbocycles. The van der Waals surface area contributed by atoms with Crippen molar-refractivity contribution in [2.75, 3.05) is 0 Å². The summed E-state index contributed by atoms with van der Waals surface area (Å²) in [5.74, 6) is 0.673. The first kappa shape index (κ1) is 8.90. The summed E-state index contributed by atoms with van der Waals surface area (Å²) >= 11 is 0. The second kappa shape index (κ2) is 3.59. The van der Waals surface area contributed by atoms with Gasteiger partial charge in [-0.25, -0.2) is 9.97 Å². The first-order valence-corrected chi connectivity index (χ1v) is 4.44. The minimum Gasteiger partial charge on any atom is -0.357 e. The topological polar surface area (TPSA) is 56.7 Å². The van der Waals surface area contributed by atoms with Gasteiger partial charge in [-0.05, 0) is 12.1 Å². The summed E-state index contributed by atoms with van der Waals surface area (Å²) in [7, 11) is 1.98. The molecule has 0 amide bonds. The van der Waals surface area contributed by atoms with Crippen LogP contribution in [-0.2, 0) is 13.6 Å². The van der Waals surface area contributed by atoms with Crippen LogP contribution < -0.4 is 5.73 Å². The zero-order valence-electron chi connectivity index (χ0n) is 8.01. The lowest BCUT2D eigenvalue weighted by Crippen LogP contribution is -2.02. The van der Waals surface area contributed by atoms with Crippen molar-refractivity contribution in [2.45, 2.75) is 6.54 Å². The fourth-order valence-electron chi connectivity index (χ4n) is 1.31. The molecule has 0 radical (unpaired) electrons. The Balaban J connectivity index is 2.41. The number of aryl methyl sites for hydroxylation is 1. The summed E-state index contributed by atoms with van der Waals surface area (Å²) in [4.78, 5) is 8.37. The van der Waals surface area contributed by atoms with Crippen molar-refractivity contribution < 1.29 is 0 Å². The molecular weight excluding hydrogens is 176 g/mol. The third-order valence-corrected chi connectivity index (χ3v) is 2.02. The van der Waals surface area contributed by atoms with Gasteiger partial charge in [-0.2, -0.15) is 0 Å². The molecule has 0 fully saturated rings. The fourth-order valence-corrected chi connectivity index (χ4v) is 1.31. The first-order valence-electron chi connectivity index (χ1n) is 4.44. The maximum atomic E-state index is 5.47. The van der Waals surface area contributed by atoms with Crippen LogP contribution in [0.25, 0.3) is 11.3 Å². The minimum absolute atomic E-state index is 0.376. The summed E-state index contributed by atoms with van der Waals surface area (Å²) in [6.07, 6.45) is 5.74. The van der Waals surface area contributed by atoms with Gasteiger partial charge in [-0.3, -0.25) is 0 Å². The maximum absolute atomic E-state index is 5.47. The van der Waals surface area contributed by atoms with Crippen LogP contribution >= 0.6 is 0 Å². The van der Waals surface area contributed by atoms with Gasteiger partial charge in [0.05, 0.1) is 12.2 Å². The van der Waals surface area contributed by atoms with E-state index in [1.54, 1.807) is 6.20 Å². The van der Waals surface area contributed by atoms with Gasteiger partial charge in [0.2, 0.25) is 0 Å². The Bertz CT molecular complexity index is 433. The predicted octanol–water partition coefficient (Wildman–Crippen LogP) is 0.941. The van der Waals surface area contributed by atoms with E-state index in [9.17, 15) is 0 Å². The molecule has 2 rings (SSSR count). The van der Waals surface area contributed by atoms with Crippen molar-refractivity contribution in [3.05, 3.63) is 36.5 Å². The van der Waals surface area contributed by atoms with E-state index in [2.05, 4.69) is 9.97 Å². The zero-order chi connectivity index (χ0) is 9.97. The monoisotopic (exact) mass is 188 g/mol. The SMILES string of the molecule is Cn1ccc(-c2ccnc(CN)n2)c1. The standard InChI is InChI=1S/C10H12N4/c1-14-5-3-8(7-14)9-2-4-12-10(6-11)13-9/h2-5,7H,6,11H2,1H3. The van der Waals surface area contributed by atoms with Gasteiger partial charge in [-0.15, -0.1) is 0 Å². The molecule has 4 nitrogen and oxygen atoms in total. The number of hydrogen-bond donors (Lipinski definition) is 1. The highest BCUT2D eigenvalue weighted by atomic mass is 14.9. The summed E-state index contributed by atoms with van der Waals surface area (Å²) in [5, 5.41) is 0. The van der Waals surface area contributed by atoms with E-state index < -0.39 is 0 Å². The van der Waals surface area contributed by atoms with Gasteiger partial charge in [0.25, 0.3) is 0 Å². The van der Waals surface area contributed by atoms with Crippen LogP contribution in [0.2, 0.25) is 0 Å². The highest BCUT2D eigenvalue weighted by Gasteiger charge is 2.01. The van der Waals surface area contributed by atoms with Crippen LogP contribution in [0.1, 0.15) is 5.82 Å². The minimum atomic E-state index is 0.376. The molecule has 2 aromatic heterocycles. The van der Waals surface area contributed by atoms with Crippen molar-refractivity contribution in [1.29, 1.82) is 0 Å². The first-order chi connectivity index (χ1) is 6.79. The summed E-state index contributed by atoms with van der Waals surface area (Å²) < 4.78 is 1.99. The third kappa shape index (κ3) is 1.65. The lowest BCUT2D eigenvalue weighted by atomic mass is 10.2. The van der Waals surface area contributed by atoms with E-state index in [0.717, 1.165) is 11.3 Å². The number of rotatable bonds is 2. The molecule has 2 aromatic rings. The molecule has 72 valence electrons. The van der Waals surface area contributed by atoms with Crippen molar-refractivity contribution >= 4 is 0 Å². The number of nitrogens with two attached hydrogens (primary N) is 1. The third-order valence-electron chi connectivity index (χ3n) is 2.02. The van der Waals surface area contributed by atoms with Crippen LogP contribution in [-0.4, -0.2) is 14.5 Å². The fraction of sp³-hybridized carbons (Fsp3) is 0.200. The molecule has 0 saturated heterocycles. The zero-order valence-corrected chi connectivity index (χ0v) is 8.01. The van der Waals surface area contributed by atoms with Gasteiger partial charge in [0.15, 0.2) is 0 Å². The Kier molecular flexibility index (Phi) is 2.28. The van der Waals surface area contributed by atoms with Crippen LogP contribution in [0.5, 0.6) is 0 Å². The average Bonchev–Trinajstić information content (AvgIpc) is 2.65. The molecule has 0 aliphatic rings. The number of aromatic nitrogens is 3. The quantitative estimate of drug-likeness (QED) is 0.763. The van der Waals surface area contributed by atoms with Gasteiger partial charge >= 0.3 is 0 Å². The van der Waals surface area contributed by atoms with E-state index in [4.69, 9.17) is 5.73 Å². The van der Waals surface area contributed by atoms with Crippen molar-refractivity contribution in [2.24, 2.45) is 12.8 Å². The Labute approximate surface area is 82.4 Å². The highest BCUT2D eigenvalue weighted by Crippen LogP contribution is 2.15. The lowest BCUT2D eigenvalue weighted by Gasteiger charge is -1.98. The van der Waals surface area contributed by atoms with Crippen LogP contribution in [0.15, 0.2) is 30.7 Å². The summed E-state index contributed by atoms with van der Waals surface area (Å²) in [6, 6.07) is 3.90. The molecular formula is C10H12N4. The van der Waals surface area contributed by atoms with Gasteiger partial charge in [0.1, 0.15) is 5.82 Å². The van der Waals surface area contributed by atoms with E-state index in [0.29, 0.717) is 12.4 Å². The Hall–Kier alpha value is -1.68. The van der Waals surface area contributed by atoms with Crippen molar-refractivity contribution in [3.63, 3.8) is 0 Å². The molecule has 0 spiro atoms. The Morgan fingerprint density at radius 3 is 2.93 bits per heavy atom. The molecule has 2 heterocycles. The molecule has 0 aliphatic carbocycles. The predicted molar refractivity (Wildman–Crippen MR) is 54.3 cm³/mol. The molecule has 0 bridgehead atoms. The van der Waals surface area contributed by atoms with Gasteiger partial charge in [0, 0.05) is 31.2 Å². The molecule has 0 atom stereocenters. The number of hydrogen-bond acceptors (Lipinski definition) is 3. The average molecular weight is 188 g/mol. The van der Waals surface area contributed by atoms with Gasteiger partial charge in [-0.1, -0.05) is 0 Å². The van der Waals surface area contributed by atoms with E-state index in [-0.39, 0.29) is 0 Å². The van der Waals surface area contributed by atoms with Crippen LogP contribution in [0, 0.1) is 0 Å². The van der Waals surface area contributed by atoms with Gasteiger partial charge < -0.3 is 10.3 Å². The van der Waals surface area contributed by atoms with E-state index in [1.165, 1.54) is 0 Å². The normalized spacial score (nSPS) is 10.4.